The van der Waals surface area contributed by atoms with Crippen LogP contribution in [0.5, 0.6) is 17.8 Å². The maximum Gasteiger partial charge on any atom is 0.337 e. The highest BCUT2D eigenvalue weighted by molar-refractivity contribution is 6.28. The molecular weight excluding hydrogens is 276 g/mol. The molecule has 0 aromatic carbocycles. The Kier molecular flexibility index (Phi) is 3.71. The first-order valence-electron chi connectivity index (χ1n) is 4.90. The topological polar surface area (TPSA) is 107 Å². The van der Waals surface area contributed by atoms with Crippen molar-refractivity contribution in [2.75, 3.05) is 7.11 Å². The third-order valence-corrected chi connectivity index (χ3v) is 2.09. The number of rotatable bonds is 4. The summed E-state index contributed by atoms with van der Waals surface area (Å²) in [5.74, 6) is -0.964. The number of halogens is 1. The van der Waals surface area contributed by atoms with Gasteiger partial charge in [0.25, 0.3) is 0 Å². The van der Waals surface area contributed by atoms with Crippen LogP contribution in [-0.4, -0.2) is 38.1 Å². The fourth-order valence-electron chi connectivity index (χ4n) is 1.15. The molecule has 0 aliphatic carbocycles. The van der Waals surface area contributed by atoms with Crippen molar-refractivity contribution in [1.29, 1.82) is 0 Å². The fraction of sp³-hybridized carbons (Fsp3) is 0.100. The number of carboxylic acids is 1. The van der Waals surface area contributed by atoms with Gasteiger partial charge in [0.15, 0.2) is 0 Å². The lowest BCUT2D eigenvalue weighted by molar-refractivity contribution is 0.0696. The van der Waals surface area contributed by atoms with E-state index in [0.29, 0.717) is 0 Å². The lowest BCUT2D eigenvalue weighted by atomic mass is 10.3. The summed E-state index contributed by atoms with van der Waals surface area (Å²) < 4.78 is 10.0. The average molecular weight is 283 g/mol. The summed E-state index contributed by atoms with van der Waals surface area (Å²) in [6.45, 7) is 0. The molecule has 0 saturated carbocycles. The summed E-state index contributed by atoms with van der Waals surface area (Å²) in [4.78, 5) is 25.7. The average Bonchev–Trinajstić information content (AvgIpc) is 2.38. The van der Waals surface area contributed by atoms with Gasteiger partial charge >= 0.3 is 18.0 Å². The third kappa shape index (κ3) is 3.26. The second-order valence-corrected chi connectivity index (χ2v) is 3.53. The van der Waals surface area contributed by atoms with E-state index in [0.717, 1.165) is 0 Å². The number of aromatic carboxylic acids is 1. The number of nitrogens with zero attached hydrogens (tertiary/aromatic N) is 4. The minimum Gasteiger partial charge on any atom is -0.478 e. The van der Waals surface area contributed by atoms with E-state index in [1.807, 2.05) is 0 Å². The maximum absolute atomic E-state index is 10.8. The number of aromatic nitrogens is 4. The van der Waals surface area contributed by atoms with E-state index in [2.05, 4.69) is 19.9 Å². The van der Waals surface area contributed by atoms with Gasteiger partial charge in [-0.25, -0.2) is 4.79 Å². The van der Waals surface area contributed by atoms with Gasteiger partial charge in [-0.05, 0) is 17.7 Å². The standard InChI is InChI=1S/C10H7ClN4O4/c1-18-9-13-8(11)14-10(15-9)19-6-2-5(7(16)17)3-12-4-6/h2-4H,1H3,(H,16,17). The predicted molar refractivity (Wildman–Crippen MR) is 62.7 cm³/mol. The SMILES string of the molecule is COc1nc(Cl)nc(Oc2cncc(C(=O)O)c2)n1. The molecule has 0 bridgehead atoms. The first-order valence-corrected chi connectivity index (χ1v) is 5.28. The van der Waals surface area contributed by atoms with Gasteiger partial charge in [0.1, 0.15) is 5.75 Å². The first-order chi connectivity index (χ1) is 9.08. The van der Waals surface area contributed by atoms with Crippen LogP contribution in [-0.2, 0) is 0 Å². The number of hydrogen-bond acceptors (Lipinski definition) is 7. The molecule has 2 rings (SSSR count). The van der Waals surface area contributed by atoms with Gasteiger partial charge in [-0.15, -0.1) is 4.98 Å². The van der Waals surface area contributed by atoms with Crippen molar-refractivity contribution in [3.63, 3.8) is 0 Å². The highest BCUT2D eigenvalue weighted by Gasteiger charge is 2.10. The molecule has 1 N–H and O–H groups in total. The van der Waals surface area contributed by atoms with Crippen molar-refractivity contribution in [1.82, 2.24) is 19.9 Å². The molecular formula is C10H7ClN4O4. The lowest BCUT2D eigenvalue weighted by Gasteiger charge is -2.05. The van der Waals surface area contributed by atoms with E-state index in [1.54, 1.807) is 0 Å². The molecule has 0 fully saturated rings. The Hall–Kier alpha value is -2.48. The van der Waals surface area contributed by atoms with E-state index in [4.69, 9.17) is 26.2 Å². The van der Waals surface area contributed by atoms with Crippen LogP contribution < -0.4 is 9.47 Å². The van der Waals surface area contributed by atoms with Gasteiger partial charge in [-0.1, -0.05) is 0 Å². The van der Waals surface area contributed by atoms with Crippen LogP contribution in [0.1, 0.15) is 10.4 Å². The zero-order valence-electron chi connectivity index (χ0n) is 9.57. The van der Waals surface area contributed by atoms with Crippen LogP contribution in [0.25, 0.3) is 0 Å². The molecule has 0 aliphatic rings. The number of hydrogen-bond donors (Lipinski definition) is 1. The Morgan fingerprint density at radius 1 is 1.26 bits per heavy atom. The van der Waals surface area contributed by atoms with Crippen LogP contribution in [0.2, 0.25) is 5.28 Å². The van der Waals surface area contributed by atoms with Crippen molar-refractivity contribution in [2.24, 2.45) is 0 Å². The summed E-state index contributed by atoms with van der Waals surface area (Å²) >= 11 is 5.64. The molecule has 0 spiro atoms. The van der Waals surface area contributed by atoms with Crippen LogP contribution in [0.4, 0.5) is 0 Å². The highest BCUT2D eigenvalue weighted by atomic mass is 35.5. The molecule has 2 aromatic heterocycles. The van der Waals surface area contributed by atoms with E-state index >= 15 is 0 Å². The largest absolute Gasteiger partial charge is 0.478 e. The molecule has 2 aromatic rings. The van der Waals surface area contributed by atoms with Crippen LogP contribution in [0, 0.1) is 0 Å². The van der Waals surface area contributed by atoms with Gasteiger partial charge in [0.05, 0.1) is 18.9 Å². The quantitative estimate of drug-likeness (QED) is 0.897. The second kappa shape index (κ2) is 5.44. The molecule has 9 heteroatoms. The van der Waals surface area contributed by atoms with Crippen molar-refractivity contribution in [3.8, 4) is 17.8 Å². The lowest BCUT2D eigenvalue weighted by Crippen LogP contribution is -2.01. The molecule has 98 valence electrons. The summed E-state index contributed by atoms with van der Waals surface area (Å²) in [5.41, 5.74) is -0.0235. The summed E-state index contributed by atoms with van der Waals surface area (Å²) in [6, 6.07) is 1.14. The molecule has 0 radical (unpaired) electrons. The predicted octanol–water partition coefficient (Wildman–Crippen LogP) is 1.42. The van der Waals surface area contributed by atoms with Gasteiger partial charge in [0, 0.05) is 6.20 Å². The van der Waals surface area contributed by atoms with Crippen molar-refractivity contribution in [2.45, 2.75) is 0 Å². The van der Waals surface area contributed by atoms with Gasteiger partial charge in [0.2, 0.25) is 5.28 Å². The first kappa shape index (κ1) is 13.0. The van der Waals surface area contributed by atoms with E-state index < -0.39 is 5.97 Å². The normalized spacial score (nSPS) is 10.0. The molecule has 0 saturated heterocycles. The van der Waals surface area contributed by atoms with Crippen LogP contribution in [0.3, 0.4) is 0 Å². The zero-order chi connectivity index (χ0) is 13.8. The maximum atomic E-state index is 10.8. The molecule has 0 unspecified atom stereocenters. The summed E-state index contributed by atoms with van der Waals surface area (Å²) in [5, 5.41) is 8.72. The molecule has 0 amide bonds. The van der Waals surface area contributed by atoms with Crippen molar-refractivity contribution in [3.05, 3.63) is 29.3 Å². The Labute approximate surface area is 112 Å². The number of carboxylic acid groups (broad SMARTS) is 1. The third-order valence-electron chi connectivity index (χ3n) is 1.92. The summed E-state index contributed by atoms with van der Waals surface area (Å²) in [7, 11) is 1.36. The smallest absolute Gasteiger partial charge is 0.337 e. The minimum atomic E-state index is -1.12. The Morgan fingerprint density at radius 3 is 2.68 bits per heavy atom. The molecule has 2 heterocycles. The van der Waals surface area contributed by atoms with Crippen molar-refractivity contribution < 1.29 is 19.4 Å². The van der Waals surface area contributed by atoms with Crippen LogP contribution >= 0.6 is 11.6 Å². The second-order valence-electron chi connectivity index (χ2n) is 3.19. The number of ether oxygens (including phenoxy) is 2. The molecule has 19 heavy (non-hydrogen) atoms. The monoisotopic (exact) mass is 282 g/mol. The Bertz CT molecular complexity index is 622. The van der Waals surface area contributed by atoms with Crippen molar-refractivity contribution >= 4 is 17.6 Å². The van der Waals surface area contributed by atoms with Gasteiger partial charge < -0.3 is 14.6 Å². The molecule has 0 atom stereocenters. The minimum absolute atomic E-state index is 0.0163. The molecule has 0 aliphatic heterocycles. The number of methoxy groups -OCH3 is 1. The van der Waals surface area contributed by atoms with Gasteiger partial charge in [-0.2, -0.15) is 9.97 Å². The molecule has 8 nitrogen and oxygen atoms in total. The van der Waals surface area contributed by atoms with Crippen LogP contribution in [0.15, 0.2) is 18.5 Å². The van der Waals surface area contributed by atoms with Gasteiger partial charge in [-0.3, -0.25) is 4.98 Å². The number of pyridine rings is 1. The van der Waals surface area contributed by atoms with E-state index in [-0.39, 0.29) is 28.6 Å². The fourth-order valence-corrected chi connectivity index (χ4v) is 1.29. The van der Waals surface area contributed by atoms with E-state index in [9.17, 15) is 4.79 Å². The number of carbonyl (C=O) groups is 1. The zero-order valence-corrected chi connectivity index (χ0v) is 10.3. The Balaban J connectivity index is 2.28. The van der Waals surface area contributed by atoms with E-state index in [1.165, 1.54) is 25.6 Å². The Morgan fingerprint density at radius 2 is 2.00 bits per heavy atom. The summed E-state index contributed by atoms with van der Waals surface area (Å²) in [6.07, 6.45) is 2.51. The highest BCUT2D eigenvalue weighted by Crippen LogP contribution is 2.20.